The fraction of sp³-hybridized carbons (Fsp3) is 0. The number of sulfonamides is 1. The summed E-state index contributed by atoms with van der Waals surface area (Å²) in [5.41, 5.74) is 7.46. The molecule has 1 aromatic carbocycles. The molecule has 0 aliphatic heterocycles. The highest BCUT2D eigenvalue weighted by atomic mass is 32.2. The van der Waals surface area contributed by atoms with Gasteiger partial charge in [0.05, 0.1) is 10.6 Å². The van der Waals surface area contributed by atoms with Gasteiger partial charge in [-0.3, -0.25) is 4.98 Å². The summed E-state index contributed by atoms with van der Waals surface area (Å²) in [5, 5.41) is 8.11. The van der Waals surface area contributed by atoms with E-state index in [0.29, 0.717) is 11.4 Å². The Morgan fingerprint density at radius 2 is 1.80 bits per heavy atom. The molecule has 0 aliphatic rings. The first kappa shape index (κ1) is 14.4. The van der Waals surface area contributed by atoms with Crippen molar-refractivity contribution in [2.45, 2.75) is 4.90 Å². The lowest BCUT2D eigenvalue weighted by molar-refractivity contribution is 0.598. The topological polar surface area (TPSA) is 111 Å². The number of aromatic nitrogens is 1. The highest BCUT2D eigenvalue weighted by Crippen LogP contribution is 2.18. The number of nitrogens with two attached hydrogens (primary N) is 2. The van der Waals surface area contributed by atoms with Gasteiger partial charge < -0.3 is 11.1 Å². The van der Waals surface area contributed by atoms with E-state index in [1.54, 1.807) is 30.5 Å². The van der Waals surface area contributed by atoms with Crippen LogP contribution >= 0.6 is 12.2 Å². The van der Waals surface area contributed by atoms with Gasteiger partial charge in [0, 0.05) is 17.6 Å². The van der Waals surface area contributed by atoms with Crippen molar-refractivity contribution in [1.82, 2.24) is 4.98 Å². The summed E-state index contributed by atoms with van der Waals surface area (Å²) < 4.78 is 22.3. The number of primary sulfonamides is 1. The fourth-order valence-electron chi connectivity index (χ4n) is 1.54. The van der Waals surface area contributed by atoms with Gasteiger partial charge >= 0.3 is 0 Å². The summed E-state index contributed by atoms with van der Waals surface area (Å²) in [6.45, 7) is 0. The van der Waals surface area contributed by atoms with E-state index in [2.05, 4.69) is 10.3 Å². The first-order chi connectivity index (χ1) is 9.36. The minimum Gasteiger partial charge on any atom is -0.388 e. The van der Waals surface area contributed by atoms with Gasteiger partial charge in [0.1, 0.15) is 4.99 Å². The quantitative estimate of drug-likeness (QED) is 0.730. The molecule has 2 aromatic rings. The molecule has 0 amide bonds. The molecule has 0 radical (unpaired) electrons. The highest BCUT2D eigenvalue weighted by molar-refractivity contribution is 7.89. The smallest absolute Gasteiger partial charge is 0.238 e. The van der Waals surface area contributed by atoms with Crippen molar-refractivity contribution in [2.24, 2.45) is 10.9 Å². The third-order valence-corrected chi connectivity index (χ3v) is 3.62. The van der Waals surface area contributed by atoms with Crippen molar-refractivity contribution >= 4 is 38.6 Å². The molecule has 104 valence electrons. The van der Waals surface area contributed by atoms with E-state index in [4.69, 9.17) is 23.1 Å². The molecule has 1 aromatic heterocycles. The van der Waals surface area contributed by atoms with Gasteiger partial charge in [0.2, 0.25) is 10.0 Å². The summed E-state index contributed by atoms with van der Waals surface area (Å²) in [6.07, 6.45) is 1.58. The number of thiocarbonyl (C=S) groups is 1. The fourth-order valence-corrected chi connectivity index (χ4v) is 2.16. The van der Waals surface area contributed by atoms with E-state index < -0.39 is 10.0 Å². The van der Waals surface area contributed by atoms with Gasteiger partial charge in [-0.15, -0.1) is 0 Å². The largest absolute Gasteiger partial charge is 0.388 e. The molecular weight excluding hydrogens is 296 g/mol. The van der Waals surface area contributed by atoms with Crippen molar-refractivity contribution in [3.05, 3.63) is 48.3 Å². The van der Waals surface area contributed by atoms with E-state index >= 15 is 0 Å². The second-order valence-electron chi connectivity index (χ2n) is 3.99. The van der Waals surface area contributed by atoms with Crippen molar-refractivity contribution in [1.29, 1.82) is 0 Å². The van der Waals surface area contributed by atoms with E-state index in [-0.39, 0.29) is 9.88 Å². The van der Waals surface area contributed by atoms with Crippen molar-refractivity contribution in [2.75, 3.05) is 5.32 Å². The molecule has 0 spiro atoms. The Bertz CT molecular complexity index is 742. The average molecular weight is 308 g/mol. The van der Waals surface area contributed by atoms with Crippen molar-refractivity contribution < 1.29 is 8.42 Å². The standard InChI is InChI=1S/C12H12N4O2S2/c13-12(19)11-7-9(5-6-15-11)16-8-1-3-10(4-2-8)20(14,17)18/h1-7H,(H2,13,19)(H,15,16)(H2,14,17,18). The van der Waals surface area contributed by atoms with E-state index in [9.17, 15) is 8.42 Å². The minimum atomic E-state index is -3.68. The predicted molar refractivity (Wildman–Crippen MR) is 81.2 cm³/mol. The average Bonchev–Trinajstić information content (AvgIpc) is 2.38. The number of rotatable bonds is 4. The monoisotopic (exact) mass is 308 g/mol. The molecule has 8 heteroatoms. The Hall–Kier alpha value is -2.03. The number of nitrogens with zero attached hydrogens (tertiary/aromatic N) is 1. The molecule has 0 bridgehead atoms. The molecule has 0 saturated heterocycles. The Morgan fingerprint density at radius 1 is 1.15 bits per heavy atom. The molecule has 6 nitrogen and oxygen atoms in total. The number of benzene rings is 1. The first-order valence-electron chi connectivity index (χ1n) is 5.52. The maximum absolute atomic E-state index is 11.1. The van der Waals surface area contributed by atoms with E-state index in [1.807, 2.05) is 0 Å². The summed E-state index contributed by atoms with van der Waals surface area (Å²) in [6, 6.07) is 9.52. The second kappa shape index (κ2) is 5.53. The molecule has 0 fully saturated rings. The molecule has 0 saturated carbocycles. The Morgan fingerprint density at radius 3 is 2.35 bits per heavy atom. The van der Waals surface area contributed by atoms with Crippen LogP contribution in [0.2, 0.25) is 0 Å². The van der Waals surface area contributed by atoms with Crippen LogP contribution in [0.4, 0.5) is 11.4 Å². The maximum atomic E-state index is 11.1. The third kappa shape index (κ3) is 3.50. The van der Waals surface area contributed by atoms with Crippen LogP contribution in [-0.2, 0) is 10.0 Å². The lowest BCUT2D eigenvalue weighted by Crippen LogP contribution is -2.12. The normalized spacial score (nSPS) is 11.1. The minimum absolute atomic E-state index is 0.0570. The SMILES string of the molecule is NC(=S)c1cc(Nc2ccc(S(N)(=O)=O)cc2)ccn1. The molecular formula is C12H12N4O2S2. The van der Waals surface area contributed by atoms with Gasteiger partial charge in [0.25, 0.3) is 0 Å². The van der Waals surface area contributed by atoms with Crippen LogP contribution in [0.15, 0.2) is 47.5 Å². The predicted octanol–water partition coefficient (Wildman–Crippen LogP) is 1.11. The van der Waals surface area contributed by atoms with Gasteiger partial charge in [-0.25, -0.2) is 13.6 Å². The maximum Gasteiger partial charge on any atom is 0.238 e. The number of pyridine rings is 1. The third-order valence-electron chi connectivity index (χ3n) is 2.48. The Labute approximate surface area is 121 Å². The lowest BCUT2D eigenvalue weighted by atomic mass is 10.2. The van der Waals surface area contributed by atoms with Crippen molar-refractivity contribution in [3.8, 4) is 0 Å². The number of nitrogens with one attached hydrogen (secondary N) is 1. The van der Waals surface area contributed by atoms with Gasteiger partial charge in [-0.2, -0.15) is 0 Å². The molecule has 0 aliphatic carbocycles. The summed E-state index contributed by atoms with van der Waals surface area (Å²) in [5.74, 6) is 0. The van der Waals surface area contributed by atoms with Crippen LogP contribution in [0, 0.1) is 0 Å². The summed E-state index contributed by atoms with van der Waals surface area (Å²) >= 11 is 4.85. The number of hydrogen-bond acceptors (Lipinski definition) is 5. The first-order valence-corrected chi connectivity index (χ1v) is 7.47. The molecule has 0 atom stereocenters. The van der Waals surface area contributed by atoms with E-state index in [0.717, 1.165) is 5.69 Å². The Balaban J connectivity index is 2.22. The highest BCUT2D eigenvalue weighted by Gasteiger charge is 2.07. The summed E-state index contributed by atoms with van der Waals surface area (Å²) in [7, 11) is -3.68. The zero-order valence-electron chi connectivity index (χ0n) is 10.3. The Kier molecular flexibility index (Phi) is 3.98. The van der Waals surface area contributed by atoms with Crippen LogP contribution in [0.5, 0.6) is 0 Å². The zero-order valence-corrected chi connectivity index (χ0v) is 11.9. The van der Waals surface area contributed by atoms with Crippen LogP contribution in [-0.4, -0.2) is 18.4 Å². The van der Waals surface area contributed by atoms with Gasteiger partial charge in [-0.1, -0.05) is 12.2 Å². The molecule has 0 unspecified atom stereocenters. The van der Waals surface area contributed by atoms with Crippen LogP contribution < -0.4 is 16.2 Å². The second-order valence-corrected chi connectivity index (χ2v) is 5.99. The number of hydrogen-bond donors (Lipinski definition) is 3. The zero-order chi connectivity index (χ0) is 14.8. The van der Waals surface area contributed by atoms with Gasteiger partial charge in [-0.05, 0) is 36.4 Å². The van der Waals surface area contributed by atoms with Crippen LogP contribution in [0.25, 0.3) is 0 Å². The molecule has 5 N–H and O–H groups in total. The van der Waals surface area contributed by atoms with Crippen molar-refractivity contribution in [3.63, 3.8) is 0 Å². The molecule has 20 heavy (non-hydrogen) atoms. The van der Waals surface area contributed by atoms with E-state index in [1.165, 1.54) is 12.1 Å². The lowest BCUT2D eigenvalue weighted by Gasteiger charge is -2.08. The molecule has 2 rings (SSSR count). The van der Waals surface area contributed by atoms with Gasteiger partial charge in [0.15, 0.2) is 0 Å². The number of anilines is 2. The van der Waals surface area contributed by atoms with Crippen LogP contribution in [0.1, 0.15) is 5.69 Å². The molecule has 1 heterocycles. The summed E-state index contributed by atoms with van der Waals surface area (Å²) in [4.78, 5) is 4.29. The van der Waals surface area contributed by atoms with Crippen LogP contribution in [0.3, 0.4) is 0 Å².